The summed E-state index contributed by atoms with van der Waals surface area (Å²) >= 11 is 0. The normalized spacial score (nSPS) is 16.2. The van der Waals surface area contributed by atoms with Crippen LogP contribution in [0.5, 0.6) is 5.75 Å². The van der Waals surface area contributed by atoms with Gasteiger partial charge in [0.1, 0.15) is 5.75 Å². The topological polar surface area (TPSA) is 22.1 Å². The van der Waals surface area contributed by atoms with E-state index in [0.29, 0.717) is 6.10 Å². The average molecular weight is 163 g/mol. The second-order valence-electron chi connectivity index (χ2n) is 3.40. The van der Waals surface area contributed by atoms with Gasteiger partial charge in [-0.25, -0.2) is 0 Å². The monoisotopic (exact) mass is 163 g/mol. The standard InChI is InChI=1S/C10H13NO/c1-7-5-10(6-8(2)11-7)12-9-3-4-9/h5-6,9H,3-4H2,1-2H3. The average Bonchev–Trinajstić information content (AvgIpc) is 2.68. The van der Waals surface area contributed by atoms with E-state index in [4.69, 9.17) is 4.74 Å². The number of nitrogens with zero attached hydrogens (tertiary/aromatic N) is 1. The van der Waals surface area contributed by atoms with Crippen LogP contribution in [0.15, 0.2) is 12.1 Å². The number of hydrogen-bond acceptors (Lipinski definition) is 2. The van der Waals surface area contributed by atoms with Crippen LogP contribution in [0.1, 0.15) is 24.2 Å². The second-order valence-corrected chi connectivity index (χ2v) is 3.40. The number of rotatable bonds is 2. The molecule has 0 saturated heterocycles. The van der Waals surface area contributed by atoms with Crippen LogP contribution < -0.4 is 4.74 Å². The van der Waals surface area contributed by atoms with Crippen molar-refractivity contribution in [3.05, 3.63) is 23.5 Å². The van der Waals surface area contributed by atoms with E-state index in [9.17, 15) is 0 Å². The van der Waals surface area contributed by atoms with Gasteiger partial charge >= 0.3 is 0 Å². The van der Waals surface area contributed by atoms with E-state index in [2.05, 4.69) is 4.98 Å². The molecule has 1 heterocycles. The predicted molar refractivity (Wildman–Crippen MR) is 47.4 cm³/mol. The van der Waals surface area contributed by atoms with E-state index in [1.54, 1.807) is 0 Å². The lowest BCUT2D eigenvalue weighted by Gasteiger charge is -2.05. The molecule has 0 amide bonds. The third-order valence-electron chi connectivity index (χ3n) is 1.88. The Hall–Kier alpha value is -1.05. The van der Waals surface area contributed by atoms with Gasteiger partial charge in [0.15, 0.2) is 0 Å². The number of pyridine rings is 1. The molecular weight excluding hydrogens is 150 g/mol. The van der Waals surface area contributed by atoms with Crippen LogP contribution in [0.25, 0.3) is 0 Å². The maximum atomic E-state index is 5.65. The van der Waals surface area contributed by atoms with E-state index in [1.165, 1.54) is 12.8 Å². The van der Waals surface area contributed by atoms with Crippen LogP contribution in [-0.4, -0.2) is 11.1 Å². The highest BCUT2D eigenvalue weighted by molar-refractivity contribution is 5.26. The van der Waals surface area contributed by atoms with Gasteiger partial charge in [-0.15, -0.1) is 0 Å². The predicted octanol–water partition coefficient (Wildman–Crippen LogP) is 2.24. The summed E-state index contributed by atoms with van der Waals surface area (Å²) in [5, 5.41) is 0. The van der Waals surface area contributed by atoms with Gasteiger partial charge in [0.25, 0.3) is 0 Å². The van der Waals surface area contributed by atoms with E-state index < -0.39 is 0 Å². The molecule has 2 nitrogen and oxygen atoms in total. The molecule has 0 aliphatic heterocycles. The van der Waals surface area contributed by atoms with Gasteiger partial charge in [-0.3, -0.25) is 4.98 Å². The van der Waals surface area contributed by atoms with Crippen molar-refractivity contribution in [2.45, 2.75) is 32.8 Å². The summed E-state index contributed by atoms with van der Waals surface area (Å²) in [6.45, 7) is 3.99. The van der Waals surface area contributed by atoms with Crippen molar-refractivity contribution in [2.75, 3.05) is 0 Å². The molecule has 0 spiro atoms. The lowest BCUT2D eigenvalue weighted by molar-refractivity contribution is 0.302. The summed E-state index contributed by atoms with van der Waals surface area (Å²) in [6.07, 6.45) is 2.90. The van der Waals surface area contributed by atoms with E-state index in [0.717, 1.165) is 17.1 Å². The molecule has 1 aromatic heterocycles. The molecule has 0 radical (unpaired) electrons. The smallest absolute Gasteiger partial charge is 0.123 e. The first-order chi connectivity index (χ1) is 5.74. The Kier molecular flexibility index (Phi) is 1.75. The van der Waals surface area contributed by atoms with Gasteiger partial charge in [0.2, 0.25) is 0 Å². The summed E-state index contributed by atoms with van der Waals surface area (Å²) in [5.74, 6) is 0.975. The minimum atomic E-state index is 0.478. The lowest BCUT2D eigenvalue weighted by Crippen LogP contribution is -1.97. The van der Waals surface area contributed by atoms with Gasteiger partial charge < -0.3 is 4.74 Å². The van der Waals surface area contributed by atoms with Crippen LogP contribution in [0, 0.1) is 13.8 Å². The third kappa shape index (κ3) is 1.76. The SMILES string of the molecule is Cc1cc(OC2CC2)cc(C)n1. The van der Waals surface area contributed by atoms with Gasteiger partial charge in [0, 0.05) is 23.5 Å². The van der Waals surface area contributed by atoms with Crippen LogP contribution >= 0.6 is 0 Å². The molecule has 0 unspecified atom stereocenters. The minimum absolute atomic E-state index is 0.478. The molecule has 12 heavy (non-hydrogen) atoms. The van der Waals surface area contributed by atoms with Crippen molar-refractivity contribution in [3.63, 3.8) is 0 Å². The molecule has 0 bridgehead atoms. The quantitative estimate of drug-likeness (QED) is 0.667. The molecule has 0 atom stereocenters. The molecule has 1 aromatic rings. The fourth-order valence-corrected chi connectivity index (χ4v) is 1.24. The van der Waals surface area contributed by atoms with Crippen LogP contribution in [0.4, 0.5) is 0 Å². The molecule has 0 aromatic carbocycles. The first-order valence-corrected chi connectivity index (χ1v) is 4.36. The summed E-state index contributed by atoms with van der Waals surface area (Å²) in [7, 11) is 0. The first-order valence-electron chi connectivity index (χ1n) is 4.36. The Balaban J connectivity index is 2.18. The molecule has 1 aliphatic rings. The second kappa shape index (κ2) is 2.77. The van der Waals surface area contributed by atoms with Gasteiger partial charge in [-0.05, 0) is 26.7 Å². The molecule has 2 heteroatoms. The van der Waals surface area contributed by atoms with Crippen LogP contribution in [0.3, 0.4) is 0 Å². The Morgan fingerprint density at radius 3 is 2.33 bits per heavy atom. The Labute approximate surface area is 72.6 Å². The third-order valence-corrected chi connectivity index (χ3v) is 1.88. The Morgan fingerprint density at radius 2 is 1.83 bits per heavy atom. The zero-order valence-electron chi connectivity index (χ0n) is 7.50. The first kappa shape index (κ1) is 7.59. The maximum Gasteiger partial charge on any atom is 0.123 e. The van der Waals surface area contributed by atoms with E-state index in [1.807, 2.05) is 26.0 Å². The summed E-state index contributed by atoms with van der Waals surface area (Å²) in [4.78, 5) is 4.28. The molecule has 64 valence electrons. The van der Waals surface area contributed by atoms with Gasteiger partial charge in [-0.2, -0.15) is 0 Å². The minimum Gasteiger partial charge on any atom is -0.490 e. The van der Waals surface area contributed by atoms with Crippen molar-refractivity contribution in [3.8, 4) is 5.75 Å². The van der Waals surface area contributed by atoms with Crippen LogP contribution in [0.2, 0.25) is 0 Å². The molecular formula is C10H13NO. The van der Waals surface area contributed by atoms with Crippen molar-refractivity contribution in [2.24, 2.45) is 0 Å². The van der Waals surface area contributed by atoms with E-state index in [-0.39, 0.29) is 0 Å². The summed E-state index contributed by atoms with van der Waals surface area (Å²) < 4.78 is 5.65. The highest BCUT2D eigenvalue weighted by atomic mass is 16.5. The zero-order chi connectivity index (χ0) is 8.55. The highest BCUT2D eigenvalue weighted by Gasteiger charge is 2.23. The lowest BCUT2D eigenvalue weighted by atomic mass is 10.3. The molecule has 1 aliphatic carbocycles. The summed E-state index contributed by atoms with van der Waals surface area (Å²) in [5.41, 5.74) is 2.07. The number of ether oxygens (including phenoxy) is 1. The van der Waals surface area contributed by atoms with Gasteiger partial charge in [0.05, 0.1) is 6.10 Å². The number of aromatic nitrogens is 1. The fourth-order valence-electron chi connectivity index (χ4n) is 1.24. The largest absolute Gasteiger partial charge is 0.490 e. The summed E-state index contributed by atoms with van der Waals surface area (Å²) in [6, 6.07) is 3.98. The van der Waals surface area contributed by atoms with Crippen molar-refractivity contribution >= 4 is 0 Å². The maximum absolute atomic E-state index is 5.65. The van der Waals surface area contributed by atoms with Crippen molar-refractivity contribution in [1.29, 1.82) is 0 Å². The zero-order valence-corrected chi connectivity index (χ0v) is 7.50. The van der Waals surface area contributed by atoms with Gasteiger partial charge in [-0.1, -0.05) is 0 Å². The molecule has 0 N–H and O–H groups in total. The number of aryl methyl sites for hydroxylation is 2. The molecule has 1 saturated carbocycles. The van der Waals surface area contributed by atoms with Crippen LogP contribution in [-0.2, 0) is 0 Å². The number of hydrogen-bond donors (Lipinski definition) is 0. The van der Waals surface area contributed by atoms with Crippen molar-refractivity contribution < 1.29 is 4.74 Å². The molecule has 2 rings (SSSR count). The molecule has 1 fully saturated rings. The fraction of sp³-hybridized carbons (Fsp3) is 0.500. The highest BCUT2D eigenvalue weighted by Crippen LogP contribution is 2.27. The van der Waals surface area contributed by atoms with Crippen molar-refractivity contribution in [1.82, 2.24) is 4.98 Å². The van der Waals surface area contributed by atoms with E-state index >= 15 is 0 Å². The Morgan fingerprint density at radius 1 is 1.25 bits per heavy atom. The Bertz CT molecular complexity index is 272.